The first-order valence-corrected chi connectivity index (χ1v) is 11.4. The summed E-state index contributed by atoms with van der Waals surface area (Å²) in [5.41, 5.74) is 0.534. The highest BCUT2D eigenvalue weighted by Crippen LogP contribution is 2.28. The Kier molecular flexibility index (Phi) is 9.12. The molecular formula is C24H44N4O2. The number of carbonyl (C=O) groups is 2. The van der Waals surface area contributed by atoms with E-state index in [-0.39, 0.29) is 41.3 Å². The van der Waals surface area contributed by atoms with Gasteiger partial charge in [0.05, 0.1) is 11.2 Å². The highest BCUT2D eigenvalue weighted by Gasteiger charge is 2.29. The van der Waals surface area contributed by atoms with E-state index in [1.807, 2.05) is 31.5 Å². The van der Waals surface area contributed by atoms with Gasteiger partial charge in [-0.3, -0.25) is 9.59 Å². The molecule has 0 aromatic carbocycles. The lowest BCUT2D eigenvalue weighted by atomic mass is 9.92. The molecule has 0 radical (unpaired) electrons. The number of nitrogens with one attached hydrogen (secondary N) is 1. The third-order valence-corrected chi connectivity index (χ3v) is 5.35. The molecule has 0 saturated heterocycles. The number of nitrogens with zero attached hydrogens (tertiary/aromatic N) is 3. The molecule has 0 aliphatic rings. The largest absolute Gasteiger partial charge is 0.331 e. The molecule has 0 fully saturated rings. The monoisotopic (exact) mass is 420 g/mol. The van der Waals surface area contributed by atoms with Crippen molar-refractivity contribution < 1.29 is 9.59 Å². The van der Waals surface area contributed by atoms with E-state index in [9.17, 15) is 9.59 Å². The van der Waals surface area contributed by atoms with Crippen molar-refractivity contribution in [2.24, 2.45) is 5.92 Å². The third-order valence-electron chi connectivity index (χ3n) is 5.35. The van der Waals surface area contributed by atoms with Gasteiger partial charge in [0.15, 0.2) is 0 Å². The van der Waals surface area contributed by atoms with E-state index < -0.39 is 0 Å². The second-order valence-corrected chi connectivity index (χ2v) is 10.6. The Hall–Kier alpha value is -1.85. The molecule has 1 rings (SSSR count). The first kappa shape index (κ1) is 26.2. The van der Waals surface area contributed by atoms with Crippen molar-refractivity contribution in [3.63, 3.8) is 0 Å². The molecule has 1 heterocycles. The van der Waals surface area contributed by atoms with Gasteiger partial charge in [0.1, 0.15) is 12.4 Å². The molecule has 6 nitrogen and oxygen atoms in total. The van der Waals surface area contributed by atoms with Crippen LogP contribution in [0.3, 0.4) is 0 Å². The maximum Gasteiger partial charge on any atom is 0.245 e. The first-order chi connectivity index (χ1) is 13.7. The van der Waals surface area contributed by atoms with Gasteiger partial charge in [-0.2, -0.15) is 5.10 Å². The van der Waals surface area contributed by atoms with Crippen molar-refractivity contribution in [2.75, 3.05) is 11.9 Å². The minimum atomic E-state index is -0.271. The maximum absolute atomic E-state index is 13.1. The zero-order chi connectivity index (χ0) is 23.3. The Morgan fingerprint density at radius 1 is 1.13 bits per heavy atom. The number of unbranched alkanes of at least 4 members (excludes halogenated alkanes) is 1. The van der Waals surface area contributed by atoms with E-state index in [2.05, 4.69) is 53.8 Å². The van der Waals surface area contributed by atoms with Crippen molar-refractivity contribution in [1.29, 1.82) is 0 Å². The molecule has 6 heteroatoms. The smallest absolute Gasteiger partial charge is 0.245 e. The Labute approximate surface area is 183 Å². The molecule has 0 saturated carbocycles. The molecule has 0 aliphatic heterocycles. The Morgan fingerprint density at radius 2 is 1.73 bits per heavy atom. The number of amides is 2. The summed E-state index contributed by atoms with van der Waals surface area (Å²) in [4.78, 5) is 27.8. The van der Waals surface area contributed by atoms with Crippen LogP contribution in [0.2, 0.25) is 0 Å². The maximum atomic E-state index is 13.1. The summed E-state index contributed by atoms with van der Waals surface area (Å²) in [5.74, 6) is 0.545. The van der Waals surface area contributed by atoms with Crippen LogP contribution in [0.5, 0.6) is 0 Å². The Bertz CT molecular complexity index is 708. The predicted octanol–water partition coefficient (Wildman–Crippen LogP) is 5.33. The molecule has 1 unspecified atom stereocenters. The van der Waals surface area contributed by atoms with Gasteiger partial charge in [0.2, 0.25) is 11.8 Å². The number of anilines is 1. The lowest BCUT2D eigenvalue weighted by molar-refractivity contribution is -0.140. The highest BCUT2D eigenvalue weighted by atomic mass is 16.2. The molecule has 1 aromatic rings. The molecule has 30 heavy (non-hydrogen) atoms. The average molecular weight is 421 g/mol. The number of aromatic nitrogens is 2. The van der Waals surface area contributed by atoms with E-state index in [4.69, 9.17) is 5.10 Å². The summed E-state index contributed by atoms with van der Waals surface area (Å²) >= 11 is 0. The lowest BCUT2D eigenvalue weighted by Crippen LogP contribution is -2.45. The van der Waals surface area contributed by atoms with E-state index >= 15 is 0 Å². The van der Waals surface area contributed by atoms with Crippen LogP contribution in [-0.4, -0.2) is 39.1 Å². The molecule has 1 N–H and O–H groups in total. The van der Waals surface area contributed by atoms with Crippen molar-refractivity contribution in [3.05, 3.63) is 11.8 Å². The van der Waals surface area contributed by atoms with Gasteiger partial charge in [-0.15, -0.1) is 0 Å². The van der Waals surface area contributed by atoms with Crippen molar-refractivity contribution in [3.8, 4) is 0 Å². The van der Waals surface area contributed by atoms with Crippen LogP contribution >= 0.6 is 0 Å². The summed E-state index contributed by atoms with van der Waals surface area (Å²) in [6.45, 7) is 20.7. The van der Waals surface area contributed by atoms with Gasteiger partial charge in [-0.25, -0.2) is 4.68 Å². The van der Waals surface area contributed by atoms with Crippen LogP contribution in [0.15, 0.2) is 6.07 Å². The molecule has 2 amide bonds. The normalized spacial score (nSPS) is 13.4. The van der Waals surface area contributed by atoms with E-state index in [1.54, 1.807) is 4.90 Å². The number of hydrogen-bond donors (Lipinski definition) is 1. The second kappa shape index (κ2) is 10.5. The van der Waals surface area contributed by atoms with Crippen LogP contribution in [0.25, 0.3) is 0 Å². The van der Waals surface area contributed by atoms with E-state index in [0.29, 0.717) is 5.82 Å². The fourth-order valence-electron chi connectivity index (χ4n) is 3.39. The van der Waals surface area contributed by atoms with Gasteiger partial charge in [0, 0.05) is 23.4 Å². The van der Waals surface area contributed by atoms with Crippen LogP contribution in [0.4, 0.5) is 5.82 Å². The number of carbonyl (C=O) groups excluding carboxylic acids is 2. The summed E-state index contributed by atoms with van der Waals surface area (Å²) < 4.78 is 1.86. The SMILES string of the molecule is CCCCC(CC)C(=O)N(CC(=O)Nc1cc(C(C)(C)C)nn1C(C)(C)C)C(C)C. The van der Waals surface area contributed by atoms with Gasteiger partial charge < -0.3 is 10.2 Å². The first-order valence-electron chi connectivity index (χ1n) is 11.4. The fourth-order valence-corrected chi connectivity index (χ4v) is 3.39. The van der Waals surface area contributed by atoms with Gasteiger partial charge in [0.25, 0.3) is 0 Å². The minimum absolute atomic E-state index is 0.0206. The van der Waals surface area contributed by atoms with Crippen molar-refractivity contribution in [2.45, 2.75) is 112 Å². The van der Waals surface area contributed by atoms with Gasteiger partial charge in [-0.05, 0) is 47.5 Å². The standard InChI is InChI=1S/C24H44N4O2/c1-11-13-14-18(12-2)22(30)27(17(3)4)16-21(29)25-20-15-19(23(5,6)7)26-28(20)24(8,9)10/h15,17-18H,11-14,16H2,1-10H3,(H,25,29). The summed E-state index contributed by atoms with van der Waals surface area (Å²) in [6.07, 6.45) is 3.78. The second-order valence-electron chi connectivity index (χ2n) is 10.6. The van der Waals surface area contributed by atoms with Crippen LogP contribution in [-0.2, 0) is 20.5 Å². The topological polar surface area (TPSA) is 67.2 Å². The Morgan fingerprint density at radius 3 is 2.17 bits per heavy atom. The highest BCUT2D eigenvalue weighted by molar-refractivity contribution is 5.94. The lowest BCUT2D eigenvalue weighted by Gasteiger charge is -2.30. The summed E-state index contributed by atoms with van der Waals surface area (Å²) in [5, 5.41) is 7.77. The van der Waals surface area contributed by atoms with E-state index in [0.717, 1.165) is 31.4 Å². The predicted molar refractivity (Wildman–Crippen MR) is 125 cm³/mol. The molecule has 1 aromatic heterocycles. The summed E-state index contributed by atoms with van der Waals surface area (Å²) in [7, 11) is 0. The zero-order valence-corrected chi connectivity index (χ0v) is 20.9. The number of hydrogen-bond acceptors (Lipinski definition) is 3. The van der Waals surface area contributed by atoms with Crippen LogP contribution in [0, 0.1) is 5.92 Å². The molecule has 0 aliphatic carbocycles. The minimum Gasteiger partial charge on any atom is -0.331 e. The molecular weight excluding hydrogens is 376 g/mol. The fraction of sp³-hybridized carbons (Fsp3) is 0.792. The molecule has 0 bridgehead atoms. The van der Waals surface area contributed by atoms with Gasteiger partial charge >= 0.3 is 0 Å². The van der Waals surface area contributed by atoms with Crippen LogP contribution < -0.4 is 5.32 Å². The molecule has 0 spiro atoms. The zero-order valence-electron chi connectivity index (χ0n) is 20.9. The summed E-state index contributed by atoms with van der Waals surface area (Å²) in [6, 6.07) is 1.91. The third kappa shape index (κ3) is 7.13. The molecule has 172 valence electrons. The number of rotatable bonds is 9. The Balaban J connectivity index is 3.05. The quantitative estimate of drug-likeness (QED) is 0.587. The van der Waals surface area contributed by atoms with E-state index in [1.165, 1.54) is 0 Å². The van der Waals surface area contributed by atoms with Crippen molar-refractivity contribution >= 4 is 17.6 Å². The van der Waals surface area contributed by atoms with Crippen LogP contribution in [0.1, 0.15) is 101 Å². The van der Waals surface area contributed by atoms with Crippen molar-refractivity contribution in [1.82, 2.24) is 14.7 Å². The molecule has 1 atom stereocenters. The average Bonchev–Trinajstić information content (AvgIpc) is 3.04. The van der Waals surface area contributed by atoms with Gasteiger partial charge in [-0.1, -0.05) is 47.5 Å².